The van der Waals surface area contributed by atoms with Gasteiger partial charge in [0.25, 0.3) is 0 Å². The van der Waals surface area contributed by atoms with Gasteiger partial charge in [0.05, 0.1) is 0 Å². The van der Waals surface area contributed by atoms with E-state index in [4.69, 9.17) is 14.2 Å². The van der Waals surface area contributed by atoms with Crippen molar-refractivity contribution in [3.63, 3.8) is 0 Å². The summed E-state index contributed by atoms with van der Waals surface area (Å²) >= 11 is 0. The number of carbonyl (C=O) groups is 1. The zero-order valence-electron chi connectivity index (χ0n) is 22.7. The summed E-state index contributed by atoms with van der Waals surface area (Å²) in [5.41, 5.74) is 1.05. The molecule has 0 radical (unpaired) electrons. The van der Waals surface area contributed by atoms with Gasteiger partial charge in [0.2, 0.25) is 0 Å². The Balaban J connectivity index is 2.17. The van der Waals surface area contributed by atoms with Crippen molar-refractivity contribution >= 4 is 33.8 Å². The van der Waals surface area contributed by atoms with Crippen molar-refractivity contribution in [2.75, 3.05) is 27.0 Å². The monoisotopic (exact) mass is 528 g/mol. The molecule has 5 heteroatoms. The van der Waals surface area contributed by atoms with E-state index in [1.165, 1.54) is 15.9 Å². The summed E-state index contributed by atoms with van der Waals surface area (Å²) < 4.78 is 17.2. The molecule has 0 heterocycles. The minimum absolute atomic E-state index is 0.207. The van der Waals surface area contributed by atoms with E-state index in [9.17, 15) is 4.79 Å². The number of hydrogen-bond donors (Lipinski definition) is 0. The SMILES string of the molecule is CCOC(=O)CCc1cc(OC)c(OCC)cc1P(C)(c1ccccc1)(c1ccccc1)c1ccccc1. The Morgan fingerprint density at radius 2 is 1.21 bits per heavy atom. The molecule has 0 saturated heterocycles. The van der Waals surface area contributed by atoms with Gasteiger partial charge < -0.3 is 0 Å². The molecule has 0 spiro atoms. The van der Waals surface area contributed by atoms with E-state index in [0.717, 1.165) is 10.9 Å². The maximum atomic E-state index is 12.5. The molecule has 38 heavy (non-hydrogen) atoms. The van der Waals surface area contributed by atoms with Gasteiger partial charge >= 0.3 is 227 Å². The van der Waals surface area contributed by atoms with Crippen molar-refractivity contribution in [2.45, 2.75) is 26.7 Å². The molecule has 0 amide bonds. The topological polar surface area (TPSA) is 44.8 Å². The molecule has 4 aromatic carbocycles. The van der Waals surface area contributed by atoms with Gasteiger partial charge in [-0.15, -0.1) is 0 Å². The average molecular weight is 529 g/mol. The van der Waals surface area contributed by atoms with Crippen molar-refractivity contribution in [3.8, 4) is 11.5 Å². The molecule has 0 aliphatic carbocycles. The molecule has 4 nitrogen and oxygen atoms in total. The predicted octanol–water partition coefficient (Wildman–Crippen LogP) is 5.37. The van der Waals surface area contributed by atoms with Crippen LogP contribution in [0.3, 0.4) is 0 Å². The van der Waals surface area contributed by atoms with Gasteiger partial charge in [-0.1, -0.05) is 0 Å². The van der Waals surface area contributed by atoms with Gasteiger partial charge in [-0.2, -0.15) is 0 Å². The van der Waals surface area contributed by atoms with Crippen LogP contribution in [0.25, 0.3) is 0 Å². The molecule has 0 aromatic heterocycles. The first kappa shape index (κ1) is 27.4. The second-order valence-electron chi connectivity index (χ2n) is 9.44. The average Bonchev–Trinajstić information content (AvgIpc) is 2.97. The molecule has 198 valence electrons. The second-order valence-corrected chi connectivity index (χ2v) is 14.6. The molecule has 0 bridgehead atoms. The first-order chi connectivity index (χ1) is 18.5. The molecular weight excluding hydrogens is 491 g/mol. The van der Waals surface area contributed by atoms with Crippen LogP contribution in [0.5, 0.6) is 11.5 Å². The number of hydrogen-bond acceptors (Lipinski definition) is 4. The standard InChI is InChI=1S/C33H37O4P/c1-5-36-31-25-32(26(24-30(31)35-3)22-23-33(34)37-6-2)38(4,27-16-10-7-11-17-27,28-18-12-8-13-19-28)29-20-14-9-15-21-29/h7-21,24-25H,5-6,22-23H2,1-4H3. The summed E-state index contributed by atoms with van der Waals surface area (Å²) in [5, 5.41) is 4.87. The molecule has 4 rings (SSSR count). The van der Waals surface area contributed by atoms with Crippen LogP contribution in [0, 0.1) is 0 Å². The van der Waals surface area contributed by atoms with Crippen LogP contribution in [0.1, 0.15) is 25.8 Å². The molecule has 0 aliphatic rings. The quantitative estimate of drug-likeness (QED) is 0.194. The number of rotatable bonds is 11. The number of benzene rings is 4. The van der Waals surface area contributed by atoms with E-state index in [-0.39, 0.29) is 12.4 Å². The van der Waals surface area contributed by atoms with Crippen molar-refractivity contribution in [1.29, 1.82) is 0 Å². The Morgan fingerprint density at radius 1 is 0.711 bits per heavy atom. The van der Waals surface area contributed by atoms with Crippen LogP contribution in [0.2, 0.25) is 0 Å². The third-order valence-corrected chi connectivity index (χ3v) is 13.8. The first-order valence-electron chi connectivity index (χ1n) is 13.2. The summed E-state index contributed by atoms with van der Waals surface area (Å²) in [6.45, 7) is 3.75. The van der Waals surface area contributed by atoms with Crippen LogP contribution >= 0.6 is 6.60 Å². The summed E-state index contributed by atoms with van der Waals surface area (Å²) in [6.07, 6.45) is 0.804. The number of carbonyl (C=O) groups excluding carboxylic acids is 1. The van der Waals surface area contributed by atoms with Crippen molar-refractivity contribution < 1.29 is 19.0 Å². The van der Waals surface area contributed by atoms with E-state index in [1.807, 2.05) is 13.8 Å². The molecule has 0 N–H and O–H groups in total. The van der Waals surface area contributed by atoms with Gasteiger partial charge in [0.15, 0.2) is 0 Å². The first-order valence-corrected chi connectivity index (χ1v) is 15.8. The zero-order chi connectivity index (χ0) is 27.0. The summed E-state index contributed by atoms with van der Waals surface area (Å²) in [4.78, 5) is 12.5. The van der Waals surface area contributed by atoms with Crippen LogP contribution in [-0.2, 0) is 16.0 Å². The van der Waals surface area contributed by atoms with Crippen LogP contribution in [-0.4, -0.2) is 33.0 Å². The number of esters is 1. The molecule has 0 unspecified atom stereocenters. The Morgan fingerprint density at radius 3 is 1.63 bits per heavy atom. The van der Waals surface area contributed by atoms with Gasteiger partial charge in [-0.3, -0.25) is 0 Å². The number of aryl methyl sites for hydroxylation is 1. The van der Waals surface area contributed by atoms with Crippen molar-refractivity contribution in [3.05, 3.63) is 109 Å². The fraction of sp³-hybridized carbons (Fsp3) is 0.242. The molecule has 4 aromatic rings. The zero-order valence-corrected chi connectivity index (χ0v) is 23.6. The van der Waals surface area contributed by atoms with E-state index in [1.54, 1.807) is 7.11 Å². The van der Waals surface area contributed by atoms with Gasteiger partial charge in [0, 0.05) is 0 Å². The summed E-state index contributed by atoms with van der Waals surface area (Å²) in [5.74, 6) is 1.15. The second kappa shape index (κ2) is 11.8. The predicted molar refractivity (Wildman–Crippen MR) is 160 cm³/mol. The minimum atomic E-state index is -3.35. The number of ether oxygens (including phenoxy) is 3. The Labute approximate surface area is 226 Å². The fourth-order valence-corrected chi connectivity index (χ4v) is 11.3. The van der Waals surface area contributed by atoms with E-state index >= 15 is 0 Å². The van der Waals surface area contributed by atoms with Crippen LogP contribution in [0.15, 0.2) is 103 Å². The number of methoxy groups -OCH3 is 1. The van der Waals surface area contributed by atoms with Gasteiger partial charge in [0.1, 0.15) is 0 Å². The molecular formula is C33H37O4P. The third-order valence-electron chi connectivity index (χ3n) is 7.38. The Hall–Kier alpha value is -3.62. The Kier molecular flexibility index (Phi) is 8.54. The molecule has 0 atom stereocenters. The summed E-state index contributed by atoms with van der Waals surface area (Å²) in [6, 6.07) is 36.4. The summed E-state index contributed by atoms with van der Waals surface area (Å²) in [7, 11) is 1.66. The van der Waals surface area contributed by atoms with Crippen LogP contribution < -0.4 is 30.7 Å². The Bertz CT molecular complexity index is 1250. The fourth-order valence-electron chi connectivity index (χ4n) is 5.48. The van der Waals surface area contributed by atoms with Crippen molar-refractivity contribution in [1.82, 2.24) is 0 Å². The van der Waals surface area contributed by atoms with Crippen LogP contribution in [0.4, 0.5) is 0 Å². The molecule has 0 aliphatic heterocycles. The normalized spacial score (nSPS) is 12.3. The molecule has 0 saturated carbocycles. The maximum absolute atomic E-state index is 12.5. The van der Waals surface area contributed by atoms with Crippen molar-refractivity contribution in [2.24, 2.45) is 0 Å². The van der Waals surface area contributed by atoms with Gasteiger partial charge in [-0.25, -0.2) is 0 Å². The van der Waals surface area contributed by atoms with E-state index in [2.05, 4.69) is 110 Å². The van der Waals surface area contributed by atoms with E-state index in [0.29, 0.717) is 31.1 Å². The van der Waals surface area contributed by atoms with E-state index < -0.39 is 6.60 Å². The van der Waals surface area contributed by atoms with Gasteiger partial charge in [-0.05, 0) is 0 Å². The third kappa shape index (κ3) is 4.81. The molecule has 0 fully saturated rings.